The Labute approximate surface area is 180 Å². The molecular formula is C23H22ClN5O. The van der Waals surface area contributed by atoms with E-state index in [9.17, 15) is 4.79 Å². The topological polar surface area (TPSA) is 64.7 Å². The number of carbonyl (C=O) groups excluding carboxylic acids is 1. The Morgan fingerprint density at radius 1 is 1.07 bits per heavy atom. The highest BCUT2D eigenvalue weighted by Gasteiger charge is 2.09. The lowest BCUT2D eigenvalue weighted by Gasteiger charge is -2.07. The monoisotopic (exact) mass is 419 g/mol. The number of benzene rings is 2. The van der Waals surface area contributed by atoms with Crippen molar-refractivity contribution in [3.05, 3.63) is 100 Å². The second kappa shape index (κ2) is 8.55. The fourth-order valence-corrected chi connectivity index (χ4v) is 3.48. The van der Waals surface area contributed by atoms with Crippen molar-refractivity contribution in [2.75, 3.05) is 5.32 Å². The van der Waals surface area contributed by atoms with Crippen LogP contribution in [0.25, 0.3) is 0 Å². The van der Waals surface area contributed by atoms with Crippen molar-refractivity contribution in [2.45, 2.75) is 26.9 Å². The molecule has 0 bridgehead atoms. The van der Waals surface area contributed by atoms with Crippen LogP contribution in [0.1, 0.15) is 32.9 Å². The first-order valence-corrected chi connectivity index (χ1v) is 10.0. The van der Waals surface area contributed by atoms with Crippen molar-refractivity contribution in [1.82, 2.24) is 19.6 Å². The third-order valence-corrected chi connectivity index (χ3v) is 5.20. The smallest absolute Gasteiger partial charge is 0.255 e. The summed E-state index contributed by atoms with van der Waals surface area (Å²) < 4.78 is 3.70. The maximum absolute atomic E-state index is 12.6. The van der Waals surface area contributed by atoms with E-state index < -0.39 is 0 Å². The minimum absolute atomic E-state index is 0.176. The molecule has 152 valence electrons. The van der Waals surface area contributed by atoms with Gasteiger partial charge in [0.15, 0.2) is 0 Å². The second-order valence-electron chi connectivity index (χ2n) is 7.25. The highest BCUT2D eigenvalue weighted by atomic mass is 35.5. The van der Waals surface area contributed by atoms with E-state index in [0.717, 1.165) is 22.5 Å². The second-order valence-corrected chi connectivity index (χ2v) is 7.66. The maximum Gasteiger partial charge on any atom is 0.255 e. The van der Waals surface area contributed by atoms with Crippen LogP contribution < -0.4 is 5.32 Å². The van der Waals surface area contributed by atoms with Gasteiger partial charge in [-0.3, -0.25) is 14.2 Å². The first kappa shape index (κ1) is 19.9. The summed E-state index contributed by atoms with van der Waals surface area (Å²) >= 11 is 6.20. The van der Waals surface area contributed by atoms with Crippen LogP contribution in [-0.2, 0) is 13.1 Å². The Hall–Kier alpha value is -3.38. The van der Waals surface area contributed by atoms with Gasteiger partial charge >= 0.3 is 0 Å². The average Bonchev–Trinajstić information content (AvgIpc) is 3.29. The van der Waals surface area contributed by atoms with Crippen molar-refractivity contribution in [2.24, 2.45) is 0 Å². The molecule has 2 heterocycles. The summed E-state index contributed by atoms with van der Waals surface area (Å²) in [5, 5.41) is 12.4. The molecule has 2 aromatic heterocycles. The van der Waals surface area contributed by atoms with Crippen LogP contribution >= 0.6 is 11.6 Å². The van der Waals surface area contributed by atoms with Gasteiger partial charge in [0.1, 0.15) is 0 Å². The van der Waals surface area contributed by atoms with Crippen LogP contribution in [0.3, 0.4) is 0 Å². The first-order chi connectivity index (χ1) is 14.5. The number of halogens is 1. The molecule has 0 spiro atoms. The number of carbonyl (C=O) groups is 1. The molecule has 0 aliphatic rings. The van der Waals surface area contributed by atoms with Crippen molar-refractivity contribution < 1.29 is 4.79 Å². The number of anilines is 1. The Morgan fingerprint density at radius 2 is 1.83 bits per heavy atom. The average molecular weight is 420 g/mol. The largest absolute Gasteiger partial charge is 0.319 e. The number of rotatable bonds is 6. The zero-order valence-electron chi connectivity index (χ0n) is 16.8. The van der Waals surface area contributed by atoms with Crippen molar-refractivity contribution in [1.29, 1.82) is 0 Å². The van der Waals surface area contributed by atoms with Gasteiger partial charge in [0.25, 0.3) is 5.91 Å². The molecule has 4 rings (SSSR count). The number of nitrogens with zero attached hydrogens (tertiary/aromatic N) is 4. The van der Waals surface area contributed by atoms with Crippen molar-refractivity contribution >= 4 is 23.2 Å². The zero-order chi connectivity index (χ0) is 21.1. The number of hydrogen-bond donors (Lipinski definition) is 1. The predicted molar refractivity (Wildman–Crippen MR) is 118 cm³/mol. The molecule has 30 heavy (non-hydrogen) atoms. The van der Waals surface area contributed by atoms with E-state index >= 15 is 0 Å². The third kappa shape index (κ3) is 4.60. The minimum atomic E-state index is -0.176. The highest BCUT2D eigenvalue weighted by molar-refractivity contribution is 6.31. The number of amides is 1. The summed E-state index contributed by atoms with van der Waals surface area (Å²) in [6.07, 6.45) is 3.42. The lowest BCUT2D eigenvalue weighted by atomic mass is 10.1. The molecule has 0 saturated carbocycles. The van der Waals surface area contributed by atoms with Crippen LogP contribution in [0.4, 0.5) is 5.69 Å². The number of aryl methyl sites for hydroxylation is 2. The summed E-state index contributed by atoms with van der Waals surface area (Å²) in [6.45, 7) is 5.23. The Bertz CT molecular complexity index is 1180. The van der Waals surface area contributed by atoms with E-state index in [4.69, 9.17) is 11.6 Å². The van der Waals surface area contributed by atoms with E-state index in [1.807, 2.05) is 73.1 Å². The number of aromatic nitrogens is 4. The summed E-state index contributed by atoms with van der Waals surface area (Å²) in [5.74, 6) is -0.176. The third-order valence-electron chi connectivity index (χ3n) is 4.83. The molecule has 7 heteroatoms. The summed E-state index contributed by atoms with van der Waals surface area (Å²) in [5.41, 5.74) is 5.40. The molecule has 6 nitrogen and oxygen atoms in total. The number of nitrogens with one attached hydrogen (secondary N) is 1. The standard InChI is InChI=1S/C23H22ClN5O/c1-16-11-17(2)29(27-16)13-18-7-9-19(10-8-18)23(30)26-21-12-25-28(15-21)14-20-5-3-4-6-22(20)24/h3-12,15H,13-14H2,1-2H3,(H,26,30). The molecule has 4 aromatic rings. The molecule has 0 fully saturated rings. The molecule has 2 aromatic carbocycles. The van der Waals surface area contributed by atoms with Crippen molar-refractivity contribution in [3.63, 3.8) is 0 Å². The molecule has 0 radical (unpaired) electrons. The molecule has 1 amide bonds. The number of hydrogen-bond acceptors (Lipinski definition) is 3. The lowest BCUT2D eigenvalue weighted by molar-refractivity contribution is 0.102. The molecule has 0 saturated heterocycles. The molecule has 1 N–H and O–H groups in total. The van der Waals surface area contributed by atoms with Gasteiger partial charge in [-0.2, -0.15) is 10.2 Å². The maximum atomic E-state index is 12.6. The molecule has 0 unspecified atom stereocenters. The molecule has 0 aliphatic heterocycles. The molecule has 0 aliphatic carbocycles. The summed E-state index contributed by atoms with van der Waals surface area (Å²) in [6, 6.07) is 17.2. The first-order valence-electron chi connectivity index (χ1n) is 9.65. The SMILES string of the molecule is Cc1cc(C)n(Cc2ccc(C(=O)Nc3cnn(Cc4ccccc4Cl)c3)cc2)n1. The summed E-state index contributed by atoms with van der Waals surface area (Å²) in [4.78, 5) is 12.6. The van der Waals surface area contributed by atoms with E-state index in [1.54, 1.807) is 17.1 Å². The fraction of sp³-hybridized carbons (Fsp3) is 0.174. The quantitative estimate of drug-likeness (QED) is 0.492. The van der Waals surface area contributed by atoms with E-state index in [1.165, 1.54) is 0 Å². The highest BCUT2D eigenvalue weighted by Crippen LogP contribution is 2.17. The molecule has 0 atom stereocenters. The molecular weight excluding hydrogens is 398 g/mol. The van der Waals surface area contributed by atoms with Crippen LogP contribution in [0.5, 0.6) is 0 Å². The normalized spacial score (nSPS) is 10.9. The van der Waals surface area contributed by atoms with Crippen LogP contribution in [0.2, 0.25) is 5.02 Å². The summed E-state index contributed by atoms with van der Waals surface area (Å²) in [7, 11) is 0. The van der Waals surface area contributed by atoms with Crippen LogP contribution in [-0.4, -0.2) is 25.5 Å². The van der Waals surface area contributed by atoms with Gasteiger partial charge in [0.05, 0.1) is 30.7 Å². The van der Waals surface area contributed by atoms with Gasteiger partial charge < -0.3 is 5.32 Å². The van der Waals surface area contributed by atoms with E-state index in [0.29, 0.717) is 29.4 Å². The lowest BCUT2D eigenvalue weighted by Crippen LogP contribution is -2.12. The van der Waals surface area contributed by atoms with Gasteiger partial charge in [-0.25, -0.2) is 0 Å². The Kier molecular flexibility index (Phi) is 5.68. The van der Waals surface area contributed by atoms with E-state index in [2.05, 4.69) is 15.5 Å². The van der Waals surface area contributed by atoms with Gasteiger partial charge in [0, 0.05) is 22.5 Å². The zero-order valence-corrected chi connectivity index (χ0v) is 17.6. The van der Waals surface area contributed by atoms with Crippen LogP contribution in [0, 0.1) is 13.8 Å². The van der Waals surface area contributed by atoms with Gasteiger partial charge in [-0.15, -0.1) is 0 Å². The van der Waals surface area contributed by atoms with Gasteiger partial charge in [0.2, 0.25) is 0 Å². The van der Waals surface area contributed by atoms with Gasteiger partial charge in [-0.05, 0) is 49.2 Å². The predicted octanol–water partition coefficient (Wildman–Crippen LogP) is 4.70. The Morgan fingerprint density at radius 3 is 2.53 bits per heavy atom. The van der Waals surface area contributed by atoms with Crippen molar-refractivity contribution in [3.8, 4) is 0 Å². The Balaban J connectivity index is 1.39. The van der Waals surface area contributed by atoms with Gasteiger partial charge in [-0.1, -0.05) is 41.9 Å². The van der Waals surface area contributed by atoms with E-state index in [-0.39, 0.29) is 5.91 Å². The minimum Gasteiger partial charge on any atom is -0.319 e. The fourth-order valence-electron chi connectivity index (χ4n) is 3.29. The van der Waals surface area contributed by atoms with Crippen LogP contribution in [0.15, 0.2) is 67.0 Å².